The number of aliphatic hydroxyl groups excluding tert-OH is 1. The van der Waals surface area contributed by atoms with Crippen molar-refractivity contribution >= 4 is 17.5 Å². The molecule has 3 aliphatic carbocycles. The lowest BCUT2D eigenvalue weighted by atomic mass is 9.44. The van der Waals surface area contributed by atoms with Gasteiger partial charge in [0.2, 0.25) is 0 Å². The Morgan fingerprint density at radius 3 is 2.30 bits per heavy atom. The fourth-order valence-electron chi connectivity index (χ4n) is 4.41. The third-order valence-electron chi connectivity index (χ3n) is 5.63. The van der Waals surface area contributed by atoms with E-state index in [-0.39, 0.29) is 46.7 Å². The average molecular weight is 487 g/mol. The Labute approximate surface area is 192 Å². The molecule has 11 heteroatoms. The van der Waals surface area contributed by atoms with Crippen LogP contribution in [0.4, 0.5) is 13.2 Å². The van der Waals surface area contributed by atoms with E-state index in [1.807, 2.05) is 0 Å². The van der Waals surface area contributed by atoms with Crippen LogP contribution in [0.1, 0.15) is 19.3 Å². The molecular formula is C22H22ClF3N2O5. The van der Waals surface area contributed by atoms with Crippen molar-refractivity contribution in [2.24, 2.45) is 0 Å². The summed E-state index contributed by atoms with van der Waals surface area (Å²) in [6.45, 7) is -3.19. The normalized spacial score (nSPS) is 23.8. The van der Waals surface area contributed by atoms with Gasteiger partial charge in [-0.05, 0) is 55.7 Å². The zero-order chi connectivity index (χ0) is 23.6. The third-order valence-corrected chi connectivity index (χ3v) is 5.93. The van der Waals surface area contributed by atoms with E-state index in [1.54, 1.807) is 0 Å². The zero-order valence-electron chi connectivity index (χ0n) is 17.3. The number of aliphatic hydroxyl groups is 1. The van der Waals surface area contributed by atoms with E-state index in [0.29, 0.717) is 25.0 Å². The Morgan fingerprint density at radius 1 is 1.03 bits per heavy atom. The van der Waals surface area contributed by atoms with Gasteiger partial charge in [0.05, 0.1) is 5.02 Å². The predicted molar refractivity (Wildman–Crippen MR) is 112 cm³/mol. The van der Waals surface area contributed by atoms with E-state index in [4.69, 9.17) is 21.1 Å². The van der Waals surface area contributed by atoms with Gasteiger partial charge in [0.15, 0.2) is 6.61 Å². The largest absolute Gasteiger partial charge is 0.489 e. The standard InChI is InChI=1S/C22H22ClF3N2O5/c23-16-6-5-15(7-17(16)24)32-9-19(30)28-22-10-21(11-22,12-22)27-18(29)8-31-13-1-3-14(4-2-13)33-20(25)26/h1-7,18,20,27,29H,8-12H2,(H,28,30). The van der Waals surface area contributed by atoms with E-state index in [2.05, 4.69) is 15.4 Å². The number of halogens is 4. The highest BCUT2D eigenvalue weighted by atomic mass is 35.5. The highest BCUT2D eigenvalue weighted by Crippen LogP contribution is 2.60. The van der Waals surface area contributed by atoms with Crippen molar-refractivity contribution in [2.45, 2.75) is 43.2 Å². The molecule has 3 saturated carbocycles. The SMILES string of the molecule is O=C(COc1ccc(Cl)c(F)c1)NC12CC(NC(O)COc3ccc(OC(F)F)cc3)(C1)C2. The lowest BCUT2D eigenvalue weighted by molar-refractivity contribution is -0.152. The number of benzene rings is 2. The van der Waals surface area contributed by atoms with Crippen molar-refractivity contribution in [3.05, 3.63) is 53.3 Å². The molecule has 2 aromatic rings. The highest BCUT2D eigenvalue weighted by Gasteiger charge is 2.68. The van der Waals surface area contributed by atoms with Gasteiger partial charge in [0.1, 0.15) is 35.9 Å². The number of hydrogen-bond acceptors (Lipinski definition) is 6. The van der Waals surface area contributed by atoms with Gasteiger partial charge in [-0.25, -0.2) is 4.39 Å². The number of carbonyl (C=O) groups is 1. The number of alkyl halides is 2. The van der Waals surface area contributed by atoms with E-state index >= 15 is 0 Å². The molecule has 1 atom stereocenters. The molecule has 0 spiro atoms. The van der Waals surface area contributed by atoms with Gasteiger partial charge >= 0.3 is 6.61 Å². The minimum Gasteiger partial charge on any atom is -0.489 e. The van der Waals surface area contributed by atoms with Crippen LogP contribution in [-0.2, 0) is 4.79 Å². The molecule has 7 nitrogen and oxygen atoms in total. The average Bonchev–Trinajstić information content (AvgIpc) is 2.71. The summed E-state index contributed by atoms with van der Waals surface area (Å²) in [6.07, 6.45) is 1.01. The molecule has 178 valence electrons. The van der Waals surface area contributed by atoms with Crippen LogP contribution in [0.15, 0.2) is 42.5 Å². The van der Waals surface area contributed by atoms with Gasteiger partial charge in [-0.15, -0.1) is 0 Å². The monoisotopic (exact) mass is 486 g/mol. The number of rotatable bonds is 11. The van der Waals surface area contributed by atoms with Crippen LogP contribution in [0.2, 0.25) is 5.02 Å². The summed E-state index contributed by atoms with van der Waals surface area (Å²) in [5.74, 6) is -0.312. The number of nitrogens with one attached hydrogen (secondary N) is 2. The first-order valence-electron chi connectivity index (χ1n) is 10.2. The minimum absolute atomic E-state index is 0.0166. The number of amides is 1. The molecular weight excluding hydrogens is 465 g/mol. The molecule has 1 unspecified atom stereocenters. The van der Waals surface area contributed by atoms with Gasteiger partial charge in [-0.3, -0.25) is 10.1 Å². The first-order chi connectivity index (χ1) is 15.7. The van der Waals surface area contributed by atoms with Crippen molar-refractivity contribution in [1.82, 2.24) is 10.6 Å². The van der Waals surface area contributed by atoms with Crippen LogP contribution in [0.3, 0.4) is 0 Å². The topological polar surface area (TPSA) is 89.1 Å². The number of ether oxygens (including phenoxy) is 3. The molecule has 0 heterocycles. The molecule has 33 heavy (non-hydrogen) atoms. The molecule has 2 aromatic carbocycles. The molecule has 2 bridgehead atoms. The van der Waals surface area contributed by atoms with E-state index in [0.717, 1.165) is 6.07 Å². The Bertz CT molecular complexity index is 988. The van der Waals surface area contributed by atoms with Crippen molar-refractivity contribution < 1.29 is 37.3 Å². The molecule has 3 N–H and O–H groups in total. The maximum Gasteiger partial charge on any atom is 0.387 e. The maximum absolute atomic E-state index is 13.4. The molecule has 0 aromatic heterocycles. The van der Waals surface area contributed by atoms with Crippen molar-refractivity contribution in [3.8, 4) is 17.2 Å². The Morgan fingerprint density at radius 2 is 1.67 bits per heavy atom. The maximum atomic E-state index is 13.4. The molecule has 0 aliphatic heterocycles. The molecule has 5 rings (SSSR count). The highest BCUT2D eigenvalue weighted by molar-refractivity contribution is 6.30. The number of carbonyl (C=O) groups excluding carboxylic acids is 1. The second-order valence-electron chi connectivity index (χ2n) is 8.32. The summed E-state index contributed by atoms with van der Waals surface area (Å²) in [4.78, 5) is 12.2. The Balaban J connectivity index is 1.15. The van der Waals surface area contributed by atoms with E-state index in [9.17, 15) is 23.1 Å². The van der Waals surface area contributed by atoms with Gasteiger partial charge in [-0.2, -0.15) is 8.78 Å². The van der Waals surface area contributed by atoms with Crippen LogP contribution < -0.4 is 24.8 Å². The lowest BCUT2D eigenvalue weighted by Gasteiger charge is -2.71. The van der Waals surface area contributed by atoms with Crippen molar-refractivity contribution in [3.63, 3.8) is 0 Å². The van der Waals surface area contributed by atoms with Crippen molar-refractivity contribution in [2.75, 3.05) is 13.2 Å². The predicted octanol–water partition coefficient (Wildman–Crippen LogP) is 3.24. The van der Waals surface area contributed by atoms with E-state index in [1.165, 1.54) is 36.4 Å². The summed E-state index contributed by atoms with van der Waals surface area (Å²) in [7, 11) is 0. The van der Waals surface area contributed by atoms with Gasteiger partial charge < -0.3 is 24.6 Å². The smallest absolute Gasteiger partial charge is 0.387 e. The number of hydrogen-bond donors (Lipinski definition) is 3. The Kier molecular flexibility index (Phi) is 6.60. The summed E-state index contributed by atoms with van der Waals surface area (Å²) < 4.78 is 52.8. The van der Waals surface area contributed by atoms with Gasteiger partial charge in [0.25, 0.3) is 5.91 Å². The fraction of sp³-hybridized carbons (Fsp3) is 0.409. The summed E-state index contributed by atoms with van der Waals surface area (Å²) >= 11 is 5.61. The summed E-state index contributed by atoms with van der Waals surface area (Å²) in [5.41, 5.74) is -0.606. The lowest BCUT2D eigenvalue weighted by Crippen LogP contribution is -2.84. The van der Waals surface area contributed by atoms with Crippen LogP contribution in [-0.4, -0.2) is 48.1 Å². The minimum atomic E-state index is -2.90. The second-order valence-corrected chi connectivity index (χ2v) is 8.73. The Hall–Kier alpha value is -2.69. The summed E-state index contributed by atoms with van der Waals surface area (Å²) in [6, 6.07) is 9.59. The summed E-state index contributed by atoms with van der Waals surface area (Å²) in [5, 5.41) is 16.2. The van der Waals surface area contributed by atoms with Crippen LogP contribution in [0, 0.1) is 5.82 Å². The fourth-order valence-corrected chi connectivity index (χ4v) is 4.53. The molecule has 3 fully saturated rings. The molecule has 0 saturated heterocycles. The third kappa shape index (κ3) is 5.63. The van der Waals surface area contributed by atoms with Crippen LogP contribution in [0.25, 0.3) is 0 Å². The first-order valence-corrected chi connectivity index (χ1v) is 10.6. The van der Waals surface area contributed by atoms with Gasteiger partial charge in [0, 0.05) is 17.1 Å². The van der Waals surface area contributed by atoms with Crippen LogP contribution in [0.5, 0.6) is 17.2 Å². The van der Waals surface area contributed by atoms with E-state index < -0.39 is 18.7 Å². The second kappa shape index (κ2) is 9.28. The van der Waals surface area contributed by atoms with Crippen molar-refractivity contribution in [1.29, 1.82) is 0 Å². The zero-order valence-corrected chi connectivity index (χ0v) is 18.1. The molecule has 1 amide bonds. The van der Waals surface area contributed by atoms with Crippen LogP contribution >= 0.6 is 11.6 Å². The quantitative estimate of drug-likeness (QED) is 0.423. The van der Waals surface area contributed by atoms with Gasteiger partial charge in [-0.1, -0.05) is 11.6 Å². The molecule has 3 aliphatic rings. The first kappa shape index (κ1) is 23.5. The molecule has 0 radical (unpaired) electrons.